The van der Waals surface area contributed by atoms with E-state index in [1.165, 1.54) is 28.8 Å². The number of nitrogens with two attached hydrogens (primary N) is 1. The average molecular weight is 269 g/mol. The Morgan fingerprint density at radius 2 is 2.15 bits per heavy atom. The van der Waals surface area contributed by atoms with Crippen molar-refractivity contribution in [1.82, 2.24) is 9.55 Å². The number of hydrogen-bond acceptors (Lipinski definition) is 2. The van der Waals surface area contributed by atoms with Gasteiger partial charge in [-0.3, -0.25) is 0 Å². The van der Waals surface area contributed by atoms with Crippen molar-refractivity contribution in [3.63, 3.8) is 0 Å². The first-order chi connectivity index (χ1) is 9.61. The quantitative estimate of drug-likeness (QED) is 0.928. The molecule has 2 N–H and O–H groups in total. The molecule has 1 aliphatic rings. The summed E-state index contributed by atoms with van der Waals surface area (Å²) in [7, 11) is 0. The zero-order valence-electron chi connectivity index (χ0n) is 12.6. The fraction of sp³-hybridized carbons (Fsp3) is 0.471. The molecule has 0 radical (unpaired) electrons. The summed E-state index contributed by atoms with van der Waals surface area (Å²) in [5.41, 5.74) is 12.3. The number of aromatic nitrogens is 2. The van der Waals surface area contributed by atoms with Crippen molar-refractivity contribution in [2.75, 3.05) is 0 Å². The molecule has 106 valence electrons. The molecule has 0 bridgehead atoms. The Hall–Kier alpha value is -1.61. The minimum atomic E-state index is 0.524. The Morgan fingerprint density at radius 1 is 1.35 bits per heavy atom. The van der Waals surface area contributed by atoms with Gasteiger partial charge >= 0.3 is 0 Å². The first kappa shape index (κ1) is 13.4. The minimum Gasteiger partial charge on any atom is -0.330 e. The maximum atomic E-state index is 5.85. The van der Waals surface area contributed by atoms with E-state index in [9.17, 15) is 0 Å². The molecule has 0 saturated carbocycles. The van der Waals surface area contributed by atoms with E-state index in [2.05, 4.69) is 43.5 Å². The van der Waals surface area contributed by atoms with Gasteiger partial charge in [0.2, 0.25) is 0 Å². The fourth-order valence-electron chi connectivity index (χ4n) is 3.08. The summed E-state index contributed by atoms with van der Waals surface area (Å²) >= 11 is 0. The smallest absolute Gasteiger partial charge is 0.123 e. The van der Waals surface area contributed by atoms with Gasteiger partial charge in [0, 0.05) is 17.8 Å². The van der Waals surface area contributed by atoms with E-state index in [1.54, 1.807) is 0 Å². The average Bonchev–Trinajstić information content (AvgIpc) is 3.00. The van der Waals surface area contributed by atoms with Crippen molar-refractivity contribution in [2.45, 2.75) is 52.6 Å². The molecule has 2 heterocycles. The summed E-state index contributed by atoms with van der Waals surface area (Å²) in [5, 5.41) is 0. The van der Waals surface area contributed by atoms with Gasteiger partial charge in [-0.2, -0.15) is 0 Å². The SMILES string of the molecule is Cc1ccc(C(C)C)cc1-c1nc(CN)n2c1CCC2. The third-order valence-corrected chi connectivity index (χ3v) is 4.31. The molecule has 0 unspecified atom stereocenters. The van der Waals surface area contributed by atoms with E-state index < -0.39 is 0 Å². The second kappa shape index (κ2) is 5.06. The molecular formula is C17H23N3. The van der Waals surface area contributed by atoms with E-state index >= 15 is 0 Å². The van der Waals surface area contributed by atoms with Gasteiger partial charge in [0.15, 0.2) is 0 Å². The van der Waals surface area contributed by atoms with Crippen LogP contribution in [-0.2, 0) is 19.5 Å². The molecule has 0 saturated heterocycles. The summed E-state index contributed by atoms with van der Waals surface area (Å²) in [6, 6.07) is 6.75. The number of nitrogens with zero attached hydrogens (tertiary/aromatic N) is 2. The van der Waals surface area contributed by atoms with Crippen LogP contribution >= 0.6 is 0 Å². The van der Waals surface area contributed by atoms with Crippen molar-refractivity contribution in [3.8, 4) is 11.3 Å². The molecule has 0 fully saturated rings. The van der Waals surface area contributed by atoms with Crippen molar-refractivity contribution in [2.24, 2.45) is 5.73 Å². The van der Waals surface area contributed by atoms with Gasteiger partial charge in [-0.15, -0.1) is 0 Å². The van der Waals surface area contributed by atoms with Crippen LogP contribution in [0.5, 0.6) is 0 Å². The summed E-state index contributed by atoms with van der Waals surface area (Å²) < 4.78 is 2.32. The van der Waals surface area contributed by atoms with Crippen LogP contribution in [0.2, 0.25) is 0 Å². The lowest BCUT2D eigenvalue weighted by Gasteiger charge is -2.11. The Balaban J connectivity index is 2.16. The maximum absolute atomic E-state index is 5.85. The highest BCUT2D eigenvalue weighted by atomic mass is 15.1. The van der Waals surface area contributed by atoms with Gasteiger partial charge in [-0.25, -0.2) is 4.98 Å². The van der Waals surface area contributed by atoms with E-state index in [-0.39, 0.29) is 0 Å². The van der Waals surface area contributed by atoms with Crippen molar-refractivity contribution in [3.05, 3.63) is 40.8 Å². The summed E-state index contributed by atoms with van der Waals surface area (Å²) in [6.45, 7) is 8.23. The molecule has 0 aliphatic carbocycles. The molecule has 20 heavy (non-hydrogen) atoms. The molecule has 3 rings (SSSR count). The van der Waals surface area contributed by atoms with E-state index in [0.29, 0.717) is 12.5 Å². The van der Waals surface area contributed by atoms with Gasteiger partial charge in [0.05, 0.1) is 12.2 Å². The van der Waals surface area contributed by atoms with Crippen LogP contribution in [-0.4, -0.2) is 9.55 Å². The van der Waals surface area contributed by atoms with Crippen LogP contribution in [0.25, 0.3) is 11.3 Å². The minimum absolute atomic E-state index is 0.524. The normalized spacial score (nSPS) is 14.1. The Labute approximate surface area is 120 Å². The van der Waals surface area contributed by atoms with Gasteiger partial charge in [-0.05, 0) is 42.9 Å². The summed E-state index contributed by atoms with van der Waals surface area (Å²) in [6.07, 6.45) is 2.33. The van der Waals surface area contributed by atoms with Crippen LogP contribution < -0.4 is 5.73 Å². The van der Waals surface area contributed by atoms with Gasteiger partial charge < -0.3 is 10.3 Å². The fourth-order valence-corrected chi connectivity index (χ4v) is 3.08. The number of rotatable bonds is 3. The third-order valence-electron chi connectivity index (χ3n) is 4.31. The van der Waals surface area contributed by atoms with Crippen LogP contribution in [0.1, 0.15) is 48.8 Å². The second-order valence-corrected chi connectivity index (χ2v) is 6.01. The predicted molar refractivity (Wildman–Crippen MR) is 82.7 cm³/mol. The highest BCUT2D eigenvalue weighted by Crippen LogP contribution is 2.33. The van der Waals surface area contributed by atoms with Crippen LogP contribution in [0.3, 0.4) is 0 Å². The predicted octanol–water partition coefficient (Wildman–Crippen LogP) is 3.39. The summed E-state index contributed by atoms with van der Waals surface area (Å²) in [5.74, 6) is 1.57. The van der Waals surface area contributed by atoms with Crippen molar-refractivity contribution >= 4 is 0 Å². The van der Waals surface area contributed by atoms with Crippen molar-refractivity contribution in [1.29, 1.82) is 0 Å². The lowest BCUT2D eigenvalue weighted by molar-refractivity contribution is 0.689. The van der Waals surface area contributed by atoms with Gasteiger partial charge in [-0.1, -0.05) is 26.0 Å². The molecule has 0 atom stereocenters. The number of hydrogen-bond donors (Lipinski definition) is 1. The molecule has 0 amide bonds. The molecule has 2 aromatic rings. The number of imidazole rings is 1. The lowest BCUT2D eigenvalue weighted by atomic mass is 9.95. The molecular weight excluding hydrogens is 246 g/mol. The maximum Gasteiger partial charge on any atom is 0.123 e. The first-order valence-corrected chi connectivity index (χ1v) is 7.51. The highest BCUT2D eigenvalue weighted by Gasteiger charge is 2.22. The second-order valence-electron chi connectivity index (χ2n) is 6.01. The van der Waals surface area contributed by atoms with Crippen molar-refractivity contribution < 1.29 is 0 Å². The monoisotopic (exact) mass is 269 g/mol. The molecule has 1 aromatic carbocycles. The molecule has 0 spiro atoms. The van der Waals surface area contributed by atoms with Crippen LogP contribution in [0.15, 0.2) is 18.2 Å². The Kier molecular flexibility index (Phi) is 3.38. The van der Waals surface area contributed by atoms with E-state index in [1.807, 2.05) is 0 Å². The third kappa shape index (κ3) is 2.06. The number of aryl methyl sites for hydroxylation is 1. The lowest BCUT2D eigenvalue weighted by Crippen LogP contribution is -2.06. The van der Waals surface area contributed by atoms with E-state index in [4.69, 9.17) is 10.7 Å². The molecule has 1 aromatic heterocycles. The molecule has 1 aliphatic heterocycles. The van der Waals surface area contributed by atoms with E-state index in [0.717, 1.165) is 24.5 Å². The summed E-state index contributed by atoms with van der Waals surface area (Å²) in [4.78, 5) is 4.82. The van der Waals surface area contributed by atoms with Crippen LogP contribution in [0, 0.1) is 6.92 Å². The zero-order chi connectivity index (χ0) is 14.3. The van der Waals surface area contributed by atoms with Gasteiger partial charge in [0.25, 0.3) is 0 Å². The standard InChI is InChI=1S/C17H23N3/c1-11(2)13-7-6-12(3)14(9-13)17-15-5-4-8-20(15)16(10-18)19-17/h6-7,9,11H,4-5,8,10,18H2,1-3H3. The largest absolute Gasteiger partial charge is 0.330 e. The molecule has 3 nitrogen and oxygen atoms in total. The number of benzene rings is 1. The van der Waals surface area contributed by atoms with Gasteiger partial charge in [0.1, 0.15) is 5.82 Å². The Bertz CT molecular complexity index is 638. The topological polar surface area (TPSA) is 43.8 Å². The van der Waals surface area contributed by atoms with Crippen LogP contribution in [0.4, 0.5) is 0 Å². The number of fused-ring (bicyclic) bond motifs is 1. The highest BCUT2D eigenvalue weighted by molar-refractivity contribution is 5.68. The Morgan fingerprint density at radius 3 is 2.85 bits per heavy atom. The first-order valence-electron chi connectivity index (χ1n) is 7.51. The molecule has 3 heteroatoms. The zero-order valence-corrected chi connectivity index (χ0v) is 12.6.